The Morgan fingerprint density at radius 1 is 1.15 bits per heavy atom. The summed E-state index contributed by atoms with van der Waals surface area (Å²) in [4.78, 5) is 35.7. The van der Waals surface area contributed by atoms with E-state index in [4.69, 9.17) is 10.8 Å². The molecule has 1 atom stereocenters. The highest BCUT2D eigenvalue weighted by molar-refractivity contribution is 6.13. The maximum atomic E-state index is 12.8. The summed E-state index contributed by atoms with van der Waals surface area (Å²) in [5, 5.41) is 12.0. The zero-order valence-corrected chi connectivity index (χ0v) is 15.5. The number of hydrogen-bond acceptors (Lipinski definition) is 3. The molecular formula is C21H22N2O4. The minimum absolute atomic E-state index is 0.0248. The van der Waals surface area contributed by atoms with Crippen LogP contribution in [0.5, 0.6) is 0 Å². The Kier molecular flexibility index (Phi) is 4.51. The fourth-order valence-electron chi connectivity index (χ4n) is 4.04. The van der Waals surface area contributed by atoms with Crippen molar-refractivity contribution in [3.63, 3.8) is 0 Å². The number of anilines is 1. The van der Waals surface area contributed by atoms with Gasteiger partial charge in [0.25, 0.3) is 5.91 Å². The number of primary amides is 1. The van der Waals surface area contributed by atoms with Gasteiger partial charge in [0, 0.05) is 5.69 Å². The van der Waals surface area contributed by atoms with Gasteiger partial charge in [-0.05, 0) is 53.1 Å². The molecular weight excluding hydrogens is 344 g/mol. The maximum absolute atomic E-state index is 12.8. The van der Waals surface area contributed by atoms with E-state index in [1.54, 1.807) is 0 Å². The van der Waals surface area contributed by atoms with Gasteiger partial charge in [-0.25, -0.2) is 4.79 Å². The smallest absolute Gasteiger partial charge is 0.335 e. The highest BCUT2D eigenvalue weighted by Gasteiger charge is 2.36. The van der Waals surface area contributed by atoms with E-state index in [2.05, 4.69) is 32.2 Å². The van der Waals surface area contributed by atoms with Crippen LogP contribution >= 0.6 is 0 Å². The van der Waals surface area contributed by atoms with E-state index in [0.29, 0.717) is 5.69 Å². The fourth-order valence-corrected chi connectivity index (χ4v) is 4.04. The Labute approximate surface area is 157 Å². The van der Waals surface area contributed by atoms with Crippen molar-refractivity contribution in [2.45, 2.75) is 38.5 Å². The number of rotatable bonds is 4. The number of amides is 2. The minimum atomic E-state index is -1.19. The lowest BCUT2D eigenvalue weighted by Crippen LogP contribution is -2.21. The monoisotopic (exact) mass is 366 g/mol. The van der Waals surface area contributed by atoms with Crippen LogP contribution in [0.15, 0.2) is 36.4 Å². The lowest BCUT2D eigenvalue weighted by atomic mass is 9.86. The topological polar surface area (TPSA) is 109 Å². The number of hydrogen-bond donors (Lipinski definition) is 3. The molecule has 0 aromatic heterocycles. The first kappa shape index (κ1) is 18.6. The molecule has 0 saturated carbocycles. The third-order valence-electron chi connectivity index (χ3n) is 5.17. The van der Waals surface area contributed by atoms with Gasteiger partial charge in [0.05, 0.1) is 16.7 Å². The van der Waals surface area contributed by atoms with Gasteiger partial charge in [-0.3, -0.25) is 9.59 Å². The second-order valence-electron chi connectivity index (χ2n) is 7.64. The Morgan fingerprint density at radius 3 is 2.48 bits per heavy atom. The second kappa shape index (κ2) is 6.54. The van der Waals surface area contributed by atoms with E-state index in [1.807, 2.05) is 12.1 Å². The molecule has 1 aliphatic rings. The first-order valence-corrected chi connectivity index (χ1v) is 8.73. The Balaban J connectivity index is 2.00. The molecule has 0 unspecified atom stereocenters. The first-order chi connectivity index (χ1) is 12.6. The average molecular weight is 366 g/mol. The summed E-state index contributed by atoms with van der Waals surface area (Å²) in [5.74, 6) is -2.25. The fraction of sp³-hybridized carbons (Fsp3) is 0.286. The molecule has 6 heteroatoms. The molecule has 4 N–H and O–H groups in total. The molecule has 0 aliphatic heterocycles. The lowest BCUT2D eigenvalue weighted by Gasteiger charge is -2.19. The molecule has 3 rings (SSSR count). The van der Waals surface area contributed by atoms with Crippen molar-refractivity contribution >= 4 is 23.5 Å². The molecule has 0 fully saturated rings. The number of fused-ring (bicyclic) bond motifs is 1. The molecule has 0 bridgehead atoms. The summed E-state index contributed by atoms with van der Waals surface area (Å²) >= 11 is 0. The third-order valence-corrected chi connectivity index (χ3v) is 5.17. The molecule has 1 aliphatic carbocycles. The summed E-state index contributed by atoms with van der Waals surface area (Å²) < 4.78 is 0. The number of nitrogens with one attached hydrogen (secondary N) is 1. The van der Waals surface area contributed by atoms with Crippen LogP contribution in [-0.4, -0.2) is 22.9 Å². The SMILES string of the molecule is C[C@@H]1CC(C)(C)c2cccc(NC(=O)c3ccc(C(=O)O)cc3C(N)=O)c21. The average Bonchev–Trinajstić information content (AvgIpc) is 2.84. The van der Waals surface area contributed by atoms with Crippen molar-refractivity contribution in [3.8, 4) is 0 Å². The van der Waals surface area contributed by atoms with E-state index in [0.717, 1.165) is 18.1 Å². The van der Waals surface area contributed by atoms with Gasteiger partial charge in [-0.2, -0.15) is 0 Å². The zero-order chi connectivity index (χ0) is 19.9. The molecule has 0 spiro atoms. The van der Waals surface area contributed by atoms with Crippen LogP contribution < -0.4 is 11.1 Å². The van der Waals surface area contributed by atoms with Gasteiger partial charge < -0.3 is 16.2 Å². The van der Waals surface area contributed by atoms with Gasteiger partial charge in [0.2, 0.25) is 5.91 Å². The van der Waals surface area contributed by atoms with Crippen molar-refractivity contribution < 1.29 is 19.5 Å². The normalized spacial score (nSPS) is 17.2. The van der Waals surface area contributed by atoms with Crippen molar-refractivity contribution in [2.24, 2.45) is 5.73 Å². The number of aromatic carboxylic acids is 1. The molecule has 0 heterocycles. The van der Waals surface area contributed by atoms with Crippen molar-refractivity contribution in [2.75, 3.05) is 5.32 Å². The van der Waals surface area contributed by atoms with Crippen molar-refractivity contribution in [1.29, 1.82) is 0 Å². The van der Waals surface area contributed by atoms with Gasteiger partial charge in [-0.15, -0.1) is 0 Å². The predicted molar refractivity (Wildman–Crippen MR) is 102 cm³/mol. The zero-order valence-electron chi connectivity index (χ0n) is 15.5. The van der Waals surface area contributed by atoms with E-state index in [-0.39, 0.29) is 28.0 Å². The van der Waals surface area contributed by atoms with Gasteiger partial charge in [-0.1, -0.05) is 32.9 Å². The minimum Gasteiger partial charge on any atom is -0.478 e. The summed E-state index contributed by atoms with van der Waals surface area (Å²) in [5.41, 5.74) is 8.20. The van der Waals surface area contributed by atoms with Crippen LogP contribution in [0.25, 0.3) is 0 Å². The molecule has 27 heavy (non-hydrogen) atoms. The number of carboxylic acids is 1. The predicted octanol–water partition coefficient (Wildman–Crippen LogP) is 3.52. The van der Waals surface area contributed by atoms with Crippen LogP contribution in [0.4, 0.5) is 5.69 Å². The molecule has 140 valence electrons. The Hall–Kier alpha value is -3.15. The van der Waals surface area contributed by atoms with Crippen LogP contribution in [0.1, 0.15) is 75.3 Å². The quantitative estimate of drug-likeness (QED) is 0.769. The maximum Gasteiger partial charge on any atom is 0.335 e. The summed E-state index contributed by atoms with van der Waals surface area (Å²) in [6.07, 6.45) is 0.981. The van der Waals surface area contributed by atoms with E-state index in [9.17, 15) is 14.4 Å². The van der Waals surface area contributed by atoms with E-state index in [1.165, 1.54) is 17.7 Å². The second-order valence-corrected chi connectivity index (χ2v) is 7.64. The number of carbonyl (C=O) groups is 3. The van der Waals surface area contributed by atoms with Gasteiger partial charge in [0.1, 0.15) is 0 Å². The van der Waals surface area contributed by atoms with Crippen LogP contribution in [0, 0.1) is 0 Å². The van der Waals surface area contributed by atoms with Crippen molar-refractivity contribution in [3.05, 3.63) is 64.2 Å². The largest absolute Gasteiger partial charge is 0.478 e. The molecule has 2 aromatic carbocycles. The summed E-state index contributed by atoms with van der Waals surface area (Å²) in [7, 11) is 0. The third kappa shape index (κ3) is 3.30. The number of carbonyl (C=O) groups excluding carboxylic acids is 2. The van der Waals surface area contributed by atoms with Gasteiger partial charge >= 0.3 is 5.97 Å². The summed E-state index contributed by atoms with van der Waals surface area (Å²) in [6, 6.07) is 9.53. The standard InChI is InChI=1S/C21H22N2O4/c1-11-10-21(2,3)15-5-4-6-16(17(11)15)23-19(25)13-8-7-12(20(26)27)9-14(13)18(22)24/h4-9,11H,10H2,1-3H3,(H2,22,24)(H,23,25)(H,26,27)/t11-/m1/s1. The molecule has 2 aromatic rings. The molecule has 0 saturated heterocycles. The van der Waals surface area contributed by atoms with Crippen LogP contribution in [0.2, 0.25) is 0 Å². The van der Waals surface area contributed by atoms with Crippen LogP contribution in [0.3, 0.4) is 0 Å². The Morgan fingerprint density at radius 2 is 1.85 bits per heavy atom. The first-order valence-electron chi connectivity index (χ1n) is 8.73. The Bertz CT molecular complexity index is 963. The van der Waals surface area contributed by atoms with E-state index >= 15 is 0 Å². The molecule has 6 nitrogen and oxygen atoms in total. The molecule has 0 radical (unpaired) electrons. The molecule has 2 amide bonds. The highest BCUT2D eigenvalue weighted by atomic mass is 16.4. The van der Waals surface area contributed by atoms with E-state index < -0.39 is 17.8 Å². The highest BCUT2D eigenvalue weighted by Crippen LogP contribution is 2.48. The van der Waals surface area contributed by atoms with Crippen molar-refractivity contribution in [1.82, 2.24) is 0 Å². The van der Waals surface area contributed by atoms with Gasteiger partial charge in [0.15, 0.2) is 0 Å². The number of carboxylic acid groups (broad SMARTS) is 1. The number of nitrogens with two attached hydrogens (primary N) is 1. The summed E-state index contributed by atoms with van der Waals surface area (Å²) in [6.45, 7) is 6.48. The lowest BCUT2D eigenvalue weighted by molar-refractivity contribution is 0.0696. The van der Waals surface area contributed by atoms with Crippen LogP contribution in [-0.2, 0) is 5.41 Å². The number of benzene rings is 2.